The number of hydroxylamine groups is 1. The lowest BCUT2D eigenvalue weighted by Crippen LogP contribution is -2.28. The third-order valence-corrected chi connectivity index (χ3v) is 1.99. The average Bonchev–Trinajstić information content (AvgIpc) is 2.09. The van der Waals surface area contributed by atoms with Crippen LogP contribution in [0, 0.1) is 6.92 Å². The summed E-state index contributed by atoms with van der Waals surface area (Å²) in [6.07, 6.45) is 0. The molecule has 0 amide bonds. The standard InChI is InChI=1S/C12H18BNO/c1-9-7-10(5-6-11(9)13)8-14-15-12(2,3)4/h5-7,14H,8H2,1-4H3. The molecular weight excluding hydrogens is 185 g/mol. The van der Waals surface area contributed by atoms with Gasteiger partial charge in [-0.1, -0.05) is 29.2 Å². The lowest BCUT2D eigenvalue weighted by Gasteiger charge is -2.19. The largest absolute Gasteiger partial charge is 0.296 e. The topological polar surface area (TPSA) is 21.3 Å². The Hall–Kier alpha value is -0.795. The normalized spacial score (nSPS) is 11.7. The van der Waals surface area contributed by atoms with Gasteiger partial charge < -0.3 is 0 Å². The van der Waals surface area contributed by atoms with Crippen LogP contribution in [0.15, 0.2) is 18.2 Å². The van der Waals surface area contributed by atoms with E-state index in [1.165, 1.54) is 5.56 Å². The highest BCUT2D eigenvalue weighted by atomic mass is 16.7. The van der Waals surface area contributed by atoms with Crippen molar-refractivity contribution < 1.29 is 4.84 Å². The van der Waals surface area contributed by atoms with Crippen LogP contribution < -0.4 is 10.9 Å². The van der Waals surface area contributed by atoms with Gasteiger partial charge in [0.25, 0.3) is 0 Å². The number of hydrogen-bond acceptors (Lipinski definition) is 2. The summed E-state index contributed by atoms with van der Waals surface area (Å²) in [5, 5.41) is 0. The van der Waals surface area contributed by atoms with E-state index in [-0.39, 0.29) is 5.60 Å². The molecule has 0 bridgehead atoms. The van der Waals surface area contributed by atoms with Crippen molar-refractivity contribution in [1.82, 2.24) is 5.48 Å². The second-order valence-electron chi connectivity index (χ2n) is 4.73. The Morgan fingerprint density at radius 3 is 2.53 bits per heavy atom. The van der Waals surface area contributed by atoms with Crippen LogP contribution >= 0.6 is 0 Å². The molecule has 3 heteroatoms. The maximum atomic E-state index is 5.73. The smallest absolute Gasteiger partial charge is 0.114 e. The van der Waals surface area contributed by atoms with E-state index in [1.807, 2.05) is 39.8 Å². The van der Waals surface area contributed by atoms with Crippen LogP contribution in [0.5, 0.6) is 0 Å². The molecule has 1 N–H and O–H groups in total. The van der Waals surface area contributed by atoms with Crippen molar-refractivity contribution >= 4 is 13.3 Å². The van der Waals surface area contributed by atoms with E-state index in [0.717, 1.165) is 11.0 Å². The molecule has 80 valence electrons. The molecule has 0 aliphatic rings. The van der Waals surface area contributed by atoms with Gasteiger partial charge in [-0.05, 0) is 33.3 Å². The highest BCUT2D eigenvalue weighted by Gasteiger charge is 2.09. The molecule has 2 radical (unpaired) electrons. The summed E-state index contributed by atoms with van der Waals surface area (Å²) in [4.78, 5) is 5.42. The van der Waals surface area contributed by atoms with Gasteiger partial charge in [-0.25, -0.2) is 0 Å². The fraction of sp³-hybridized carbons (Fsp3) is 0.500. The lowest BCUT2D eigenvalue weighted by atomic mass is 9.90. The van der Waals surface area contributed by atoms with Crippen LogP contribution in [0.1, 0.15) is 31.9 Å². The zero-order valence-electron chi connectivity index (χ0n) is 9.92. The first-order valence-corrected chi connectivity index (χ1v) is 5.14. The van der Waals surface area contributed by atoms with E-state index in [1.54, 1.807) is 0 Å². The third-order valence-electron chi connectivity index (χ3n) is 1.99. The molecule has 0 fully saturated rings. The minimum Gasteiger partial charge on any atom is -0.296 e. The van der Waals surface area contributed by atoms with Crippen LogP contribution in [0.2, 0.25) is 0 Å². The van der Waals surface area contributed by atoms with Gasteiger partial charge >= 0.3 is 0 Å². The highest BCUT2D eigenvalue weighted by Crippen LogP contribution is 2.05. The molecule has 1 aromatic carbocycles. The van der Waals surface area contributed by atoms with Gasteiger partial charge in [-0.15, -0.1) is 0 Å². The van der Waals surface area contributed by atoms with Gasteiger partial charge in [-0.3, -0.25) is 4.84 Å². The lowest BCUT2D eigenvalue weighted by molar-refractivity contribution is -0.0757. The van der Waals surface area contributed by atoms with Gasteiger partial charge in [-0.2, -0.15) is 5.48 Å². The number of aryl methyl sites for hydroxylation is 1. The zero-order valence-corrected chi connectivity index (χ0v) is 9.92. The molecule has 0 heterocycles. The Morgan fingerprint density at radius 1 is 1.33 bits per heavy atom. The summed E-state index contributed by atoms with van der Waals surface area (Å²) in [7, 11) is 5.73. The molecule has 0 aromatic heterocycles. The maximum absolute atomic E-state index is 5.73. The molecule has 1 rings (SSSR count). The first-order chi connectivity index (χ1) is 6.88. The molecule has 2 nitrogen and oxygen atoms in total. The SMILES string of the molecule is [B]c1ccc(CNOC(C)(C)C)cc1C. The van der Waals surface area contributed by atoms with Crippen LogP contribution in [0.25, 0.3) is 0 Å². The number of hydrogen-bond donors (Lipinski definition) is 1. The molecular formula is C12H18BNO. The molecule has 0 saturated heterocycles. The Balaban J connectivity index is 2.48. The molecule has 0 aliphatic heterocycles. The second kappa shape index (κ2) is 4.82. The molecule has 15 heavy (non-hydrogen) atoms. The summed E-state index contributed by atoms with van der Waals surface area (Å²) in [5.41, 5.74) is 5.89. The maximum Gasteiger partial charge on any atom is 0.114 e. The Morgan fingerprint density at radius 2 is 2.00 bits per heavy atom. The van der Waals surface area contributed by atoms with Crippen molar-refractivity contribution in [3.63, 3.8) is 0 Å². The van der Waals surface area contributed by atoms with Crippen LogP contribution in [0.4, 0.5) is 0 Å². The second-order valence-corrected chi connectivity index (χ2v) is 4.73. The monoisotopic (exact) mass is 203 g/mol. The van der Waals surface area contributed by atoms with Crippen LogP contribution in [-0.4, -0.2) is 13.4 Å². The number of rotatable bonds is 3. The van der Waals surface area contributed by atoms with E-state index in [0.29, 0.717) is 6.54 Å². The van der Waals surface area contributed by atoms with Crippen LogP contribution in [-0.2, 0) is 11.4 Å². The third kappa shape index (κ3) is 4.49. The fourth-order valence-electron chi connectivity index (χ4n) is 1.18. The van der Waals surface area contributed by atoms with Gasteiger partial charge in [0.2, 0.25) is 0 Å². The first-order valence-electron chi connectivity index (χ1n) is 5.14. The van der Waals surface area contributed by atoms with Gasteiger partial charge in [0, 0.05) is 6.54 Å². The summed E-state index contributed by atoms with van der Waals surface area (Å²) in [6.45, 7) is 8.72. The number of nitrogens with one attached hydrogen (secondary N) is 1. The summed E-state index contributed by atoms with van der Waals surface area (Å²) < 4.78 is 0. The Kier molecular flexibility index (Phi) is 3.94. The van der Waals surface area contributed by atoms with Crippen molar-refractivity contribution in [3.8, 4) is 0 Å². The molecule has 1 aromatic rings. The van der Waals surface area contributed by atoms with E-state index in [9.17, 15) is 0 Å². The van der Waals surface area contributed by atoms with Crippen molar-refractivity contribution in [2.45, 2.75) is 39.8 Å². The van der Waals surface area contributed by atoms with Crippen LogP contribution in [0.3, 0.4) is 0 Å². The molecule has 0 unspecified atom stereocenters. The summed E-state index contributed by atoms with van der Waals surface area (Å²) in [5.74, 6) is 0. The van der Waals surface area contributed by atoms with Crippen molar-refractivity contribution in [2.75, 3.05) is 0 Å². The minimum absolute atomic E-state index is 0.164. The van der Waals surface area contributed by atoms with E-state index in [4.69, 9.17) is 12.7 Å². The van der Waals surface area contributed by atoms with E-state index >= 15 is 0 Å². The number of benzene rings is 1. The molecule has 0 spiro atoms. The predicted octanol–water partition coefficient (Wildman–Crippen LogP) is 1.61. The first kappa shape index (κ1) is 12.3. The predicted molar refractivity (Wildman–Crippen MR) is 64.2 cm³/mol. The Bertz CT molecular complexity index is 331. The highest BCUT2D eigenvalue weighted by molar-refractivity contribution is 6.33. The van der Waals surface area contributed by atoms with Crippen molar-refractivity contribution in [1.29, 1.82) is 0 Å². The van der Waals surface area contributed by atoms with Gasteiger partial charge in [0.1, 0.15) is 7.85 Å². The zero-order chi connectivity index (χ0) is 11.5. The molecule has 0 saturated carbocycles. The Labute approximate surface area is 93.4 Å². The molecule has 0 aliphatic carbocycles. The van der Waals surface area contributed by atoms with Crippen molar-refractivity contribution in [3.05, 3.63) is 29.3 Å². The van der Waals surface area contributed by atoms with Gasteiger partial charge in [0.15, 0.2) is 0 Å². The van der Waals surface area contributed by atoms with E-state index in [2.05, 4.69) is 11.5 Å². The van der Waals surface area contributed by atoms with Crippen molar-refractivity contribution in [2.24, 2.45) is 0 Å². The minimum atomic E-state index is -0.164. The van der Waals surface area contributed by atoms with E-state index < -0.39 is 0 Å². The summed E-state index contributed by atoms with van der Waals surface area (Å²) >= 11 is 0. The fourth-order valence-corrected chi connectivity index (χ4v) is 1.18. The molecule has 0 atom stereocenters. The van der Waals surface area contributed by atoms with Gasteiger partial charge in [0.05, 0.1) is 5.60 Å². The summed E-state index contributed by atoms with van der Waals surface area (Å²) in [6, 6.07) is 5.99. The average molecular weight is 203 g/mol. The quantitative estimate of drug-likeness (QED) is 0.595.